The number of carbonyl (C=O) groups excluding carboxylic acids is 1. The van der Waals surface area contributed by atoms with Crippen LogP contribution >= 0.6 is 0 Å². The zero-order chi connectivity index (χ0) is 22.3. The molecule has 0 aromatic heterocycles. The molecule has 0 atom stereocenters. The van der Waals surface area contributed by atoms with Crippen LogP contribution in [0.1, 0.15) is 27.9 Å². The summed E-state index contributed by atoms with van der Waals surface area (Å²) in [7, 11) is 0. The highest BCUT2D eigenvalue weighted by molar-refractivity contribution is 5.87. The second kappa shape index (κ2) is 10.1. The molecule has 0 unspecified atom stereocenters. The molecule has 6 nitrogen and oxygen atoms in total. The number of hydrogen-bond donors (Lipinski definition) is 1. The Balaban J connectivity index is 1.32. The number of hydrogen-bond acceptors (Lipinski definition) is 4. The molecule has 4 rings (SSSR count). The van der Waals surface area contributed by atoms with Gasteiger partial charge in [0.05, 0.1) is 5.56 Å². The average Bonchev–Trinajstić information content (AvgIpc) is 2.98. The zero-order valence-electron chi connectivity index (χ0n) is 17.8. The van der Waals surface area contributed by atoms with Crippen molar-refractivity contribution < 1.29 is 19.4 Å². The van der Waals surface area contributed by atoms with Gasteiger partial charge in [-0.3, -0.25) is 9.69 Å². The summed E-state index contributed by atoms with van der Waals surface area (Å²) in [5.41, 5.74) is 2.40. The van der Waals surface area contributed by atoms with Crippen LogP contribution in [-0.4, -0.2) is 46.4 Å². The predicted molar refractivity (Wildman–Crippen MR) is 122 cm³/mol. The minimum Gasteiger partial charge on any atom is -0.478 e. The first-order valence-corrected chi connectivity index (χ1v) is 10.7. The van der Waals surface area contributed by atoms with Crippen molar-refractivity contribution in [3.8, 4) is 11.5 Å². The summed E-state index contributed by atoms with van der Waals surface area (Å²) in [6.07, 6.45) is 0.475. The quantitative estimate of drug-likeness (QED) is 0.601. The summed E-state index contributed by atoms with van der Waals surface area (Å²) in [6.45, 7) is 3.41. The molecule has 1 aliphatic rings. The van der Waals surface area contributed by atoms with Crippen molar-refractivity contribution in [2.45, 2.75) is 19.5 Å². The first-order chi connectivity index (χ1) is 15.6. The zero-order valence-corrected chi connectivity index (χ0v) is 17.8. The van der Waals surface area contributed by atoms with Gasteiger partial charge in [-0.2, -0.15) is 0 Å². The topological polar surface area (TPSA) is 70.1 Å². The van der Waals surface area contributed by atoms with Crippen LogP contribution in [0.5, 0.6) is 11.5 Å². The SMILES string of the molecule is O=C(O)c1ccc(CN2CCC(=O)N(Cc3ccc(Oc4ccccc4)cc3)CC2)cc1. The lowest BCUT2D eigenvalue weighted by molar-refractivity contribution is -0.130. The second-order valence-electron chi connectivity index (χ2n) is 7.90. The van der Waals surface area contributed by atoms with E-state index in [2.05, 4.69) is 4.90 Å². The molecule has 0 radical (unpaired) electrons. The summed E-state index contributed by atoms with van der Waals surface area (Å²) < 4.78 is 5.84. The summed E-state index contributed by atoms with van der Waals surface area (Å²) >= 11 is 0. The average molecular weight is 431 g/mol. The van der Waals surface area contributed by atoms with Gasteiger partial charge < -0.3 is 14.7 Å². The Morgan fingerprint density at radius 1 is 0.781 bits per heavy atom. The lowest BCUT2D eigenvalue weighted by Crippen LogP contribution is -2.32. The van der Waals surface area contributed by atoms with E-state index >= 15 is 0 Å². The van der Waals surface area contributed by atoms with Crippen LogP contribution < -0.4 is 4.74 Å². The Kier molecular flexibility index (Phi) is 6.82. The maximum absolute atomic E-state index is 12.7. The van der Waals surface area contributed by atoms with Crippen molar-refractivity contribution in [3.63, 3.8) is 0 Å². The molecule has 0 bridgehead atoms. The summed E-state index contributed by atoms with van der Waals surface area (Å²) in [6, 6.07) is 24.4. The molecule has 0 aliphatic carbocycles. The van der Waals surface area contributed by atoms with Gasteiger partial charge >= 0.3 is 5.97 Å². The number of carbonyl (C=O) groups is 2. The third-order valence-electron chi connectivity index (χ3n) is 5.56. The Hall–Kier alpha value is -3.64. The first kappa shape index (κ1) is 21.6. The number of rotatable bonds is 7. The fourth-order valence-corrected chi connectivity index (χ4v) is 3.75. The molecule has 1 saturated heterocycles. The maximum Gasteiger partial charge on any atom is 0.335 e. The van der Waals surface area contributed by atoms with E-state index in [1.165, 1.54) is 0 Å². The standard InChI is InChI=1S/C26H26N2O4/c29-25-14-15-27(18-20-6-10-22(11-7-20)26(30)31)16-17-28(25)19-21-8-12-24(13-9-21)32-23-4-2-1-3-5-23/h1-13H,14-19H2,(H,30,31). The molecule has 0 saturated carbocycles. The molecule has 1 amide bonds. The molecule has 1 N–H and O–H groups in total. The lowest BCUT2D eigenvalue weighted by atomic mass is 10.1. The highest BCUT2D eigenvalue weighted by Crippen LogP contribution is 2.22. The summed E-state index contributed by atoms with van der Waals surface area (Å²) in [4.78, 5) is 27.8. The molecule has 3 aromatic carbocycles. The van der Waals surface area contributed by atoms with Gasteiger partial charge in [-0.05, 0) is 47.5 Å². The normalized spacial score (nSPS) is 14.8. The first-order valence-electron chi connectivity index (χ1n) is 10.7. The van der Waals surface area contributed by atoms with Crippen LogP contribution in [0, 0.1) is 0 Å². The monoisotopic (exact) mass is 430 g/mol. The number of carboxylic acids is 1. The van der Waals surface area contributed by atoms with Crippen LogP contribution in [0.15, 0.2) is 78.9 Å². The van der Waals surface area contributed by atoms with Gasteiger partial charge in [-0.15, -0.1) is 0 Å². The van der Waals surface area contributed by atoms with Crippen LogP contribution in [0.4, 0.5) is 0 Å². The van der Waals surface area contributed by atoms with Crippen LogP contribution in [0.25, 0.3) is 0 Å². The highest BCUT2D eigenvalue weighted by atomic mass is 16.5. The van der Waals surface area contributed by atoms with Gasteiger partial charge in [0.15, 0.2) is 0 Å². The molecule has 1 fully saturated rings. The molecule has 164 valence electrons. The third-order valence-corrected chi connectivity index (χ3v) is 5.56. The molecule has 0 spiro atoms. The van der Waals surface area contributed by atoms with E-state index in [0.717, 1.165) is 29.2 Å². The maximum atomic E-state index is 12.7. The summed E-state index contributed by atoms with van der Waals surface area (Å²) in [5.74, 6) is 0.786. The van der Waals surface area contributed by atoms with Gasteiger partial charge in [0.1, 0.15) is 11.5 Å². The van der Waals surface area contributed by atoms with Crippen molar-refractivity contribution in [1.82, 2.24) is 9.80 Å². The van der Waals surface area contributed by atoms with Crippen molar-refractivity contribution in [3.05, 3.63) is 95.6 Å². The number of nitrogens with zero attached hydrogens (tertiary/aromatic N) is 2. The van der Waals surface area contributed by atoms with Crippen molar-refractivity contribution in [2.24, 2.45) is 0 Å². The van der Waals surface area contributed by atoms with Crippen LogP contribution in [-0.2, 0) is 17.9 Å². The van der Waals surface area contributed by atoms with Gasteiger partial charge in [-0.1, -0.05) is 42.5 Å². The fourth-order valence-electron chi connectivity index (χ4n) is 3.75. The smallest absolute Gasteiger partial charge is 0.335 e. The molecule has 1 heterocycles. The van der Waals surface area contributed by atoms with Gasteiger partial charge in [-0.25, -0.2) is 4.79 Å². The number of carboxylic acid groups (broad SMARTS) is 1. The van der Waals surface area contributed by atoms with E-state index in [1.807, 2.05) is 71.6 Å². The largest absolute Gasteiger partial charge is 0.478 e. The molecular formula is C26H26N2O4. The third kappa shape index (κ3) is 5.74. The Bertz CT molecular complexity index is 1050. The van der Waals surface area contributed by atoms with E-state index in [1.54, 1.807) is 12.1 Å². The van der Waals surface area contributed by atoms with Gasteiger partial charge in [0.25, 0.3) is 0 Å². The van der Waals surface area contributed by atoms with Gasteiger partial charge in [0.2, 0.25) is 5.91 Å². The van der Waals surface area contributed by atoms with E-state index in [-0.39, 0.29) is 11.5 Å². The Morgan fingerprint density at radius 3 is 2.09 bits per heavy atom. The number of para-hydroxylation sites is 1. The highest BCUT2D eigenvalue weighted by Gasteiger charge is 2.21. The number of benzene rings is 3. The molecule has 6 heteroatoms. The van der Waals surface area contributed by atoms with Crippen molar-refractivity contribution in [1.29, 1.82) is 0 Å². The second-order valence-corrected chi connectivity index (χ2v) is 7.90. The lowest BCUT2D eigenvalue weighted by Gasteiger charge is -2.22. The summed E-state index contributed by atoms with van der Waals surface area (Å²) in [5, 5.41) is 9.03. The fraction of sp³-hybridized carbons (Fsp3) is 0.231. The Labute approximate surface area is 187 Å². The van der Waals surface area contributed by atoms with E-state index < -0.39 is 5.97 Å². The van der Waals surface area contributed by atoms with Gasteiger partial charge in [0, 0.05) is 39.1 Å². The van der Waals surface area contributed by atoms with Crippen LogP contribution in [0.2, 0.25) is 0 Å². The molecule has 32 heavy (non-hydrogen) atoms. The number of ether oxygens (including phenoxy) is 1. The van der Waals surface area contributed by atoms with Crippen molar-refractivity contribution >= 4 is 11.9 Å². The molecule has 3 aromatic rings. The molecular weight excluding hydrogens is 404 g/mol. The minimum atomic E-state index is -0.924. The number of amides is 1. The number of aromatic carboxylic acids is 1. The predicted octanol–water partition coefficient (Wildman–Crippen LogP) is 4.41. The van der Waals surface area contributed by atoms with E-state index in [9.17, 15) is 9.59 Å². The van der Waals surface area contributed by atoms with Crippen LogP contribution in [0.3, 0.4) is 0 Å². The van der Waals surface area contributed by atoms with Crippen molar-refractivity contribution in [2.75, 3.05) is 19.6 Å². The van der Waals surface area contributed by atoms with E-state index in [0.29, 0.717) is 32.6 Å². The molecule has 1 aliphatic heterocycles. The Morgan fingerprint density at radius 2 is 1.41 bits per heavy atom. The van der Waals surface area contributed by atoms with E-state index in [4.69, 9.17) is 9.84 Å². The minimum absolute atomic E-state index is 0.151.